The maximum atomic E-state index is 13.1. The number of hydrogen-bond donors (Lipinski definition) is 0. The van der Waals surface area contributed by atoms with Gasteiger partial charge in [0.25, 0.3) is 0 Å². The van der Waals surface area contributed by atoms with Crippen molar-refractivity contribution in [1.29, 1.82) is 0 Å². The first-order valence-corrected chi connectivity index (χ1v) is 13.0. The number of hydrogen-bond acceptors (Lipinski definition) is 5. The van der Waals surface area contributed by atoms with E-state index in [0.29, 0.717) is 18.7 Å². The minimum atomic E-state index is -3.03. The summed E-state index contributed by atoms with van der Waals surface area (Å²) in [4.78, 5) is 0. The lowest BCUT2D eigenvalue weighted by atomic mass is 10.6. The molecule has 0 saturated heterocycles. The molecule has 0 aromatic carbocycles. The molecule has 0 saturated carbocycles. The Bertz CT molecular complexity index is 328. The lowest BCUT2D eigenvalue weighted by Crippen LogP contribution is -2.52. The molecule has 8 heteroatoms. The van der Waals surface area contributed by atoms with Gasteiger partial charge in [-0.1, -0.05) is 25.3 Å². The van der Waals surface area contributed by atoms with Crippen LogP contribution in [-0.2, 0) is 22.4 Å². The van der Waals surface area contributed by atoms with Crippen LogP contribution in [0.15, 0.2) is 0 Å². The summed E-state index contributed by atoms with van der Waals surface area (Å²) in [6, 6.07) is 0. The Kier molecular flexibility index (Phi) is 9.65. The first-order valence-electron chi connectivity index (χ1n) is 7.11. The molecule has 0 N–H and O–H groups in total. The van der Waals surface area contributed by atoms with Crippen LogP contribution in [0.3, 0.4) is 0 Å². The van der Waals surface area contributed by atoms with E-state index in [1.165, 1.54) is 21.3 Å². The minimum absolute atomic E-state index is 0.401. The lowest BCUT2D eigenvalue weighted by Gasteiger charge is -2.27. The quantitative estimate of drug-likeness (QED) is 0.417. The summed E-state index contributed by atoms with van der Waals surface area (Å²) in [5.41, 5.74) is 0. The Morgan fingerprint density at radius 1 is 1.00 bits per heavy atom. The first kappa shape index (κ1) is 20.4. The Balaban J connectivity index is 5.51. The Hall–Kier alpha value is 0.427. The standard InChI is InChI=1S/C12H29O5P2Si/c1-7-10-19(14,11-8-2)18(13)12(9-3)20(15-4,16-5)17-6/h12H,7-11H2,1-6H3/q+1. The van der Waals surface area contributed by atoms with Crippen molar-refractivity contribution in [2.24, 2.45) is 0 Å². The largest absolute Gasteiger partial charge is 0.554 e. The van der Waals surface area contributed by atoms with E-state index in [1.807, 2.05) is 20.8 Å². The van der Waals surface area contributed by atoms with Gasteiger partial charge in [0.15, 0.2) is 0 Å². The minimum Gasteiger partial charge on any atom is -0.374 e. The fourth-order valence-corrected chi connectivity index (χ4v) is 16.7. The van der Waals surface area contributed by atoms with E-state index in [4.69, 9.17) is 13.3 Å². The highest BCUT2D eigenvalue weighted by Crippen LogP contribution is 2.72. The molecule has 0 aliphatic carbocycles. The zero-order valence-electron chi connectivity index (χ0n) is 13.5. The van der Waals surface area contributed by atoms with Crippen molar-refractivity contribution in [3.63, 3.8) is 0 Å². The van der Waals surface area contributed by atoms with Crippen molar-refractivity contribution in [2.45, 2.75) is 45.3 Å². The highest BCUT2D eigenvalue weighted by atomic mass is 32.1. The molecule has 0 aliphatic rings. The SMILES string of the molecule is CCCP(=O)(CCC)[P+](=O)C(CC)[Si](OC)(OC)OC. The predicted molar refractivity (Wildman–Crippen MR) is 86.4 cm³/mol. The van der Waals surface area contributed by atoms with Crippen LogP contribution < -0.4 is 0 Å². The highest BCUT2D eigenvalue weighted by molar-refractivity contribution is 8.28. The van der Waals surface area contributed by atoms with Crippen molar-refractivity contribution in [3.05, 3.63) is 0 Å². The van der Waals surface area contributed by atoms with Gasteiger partial charge in [0.2, 0.25) is 5.28 Å². The van der Waals surface area contributed by atoms with Crippen LogP contribution in [-0.4, -0.2) is 47.7 Å². The molecule has 20 heavy (non-hydrogen) atoms. The van der Waals surface area contributed by atoms with Gasteiger partial charge < -0.3 is 13.3 Å². The molecule has 120 valence electrons. The molecule has 0 aromatic heterocycles. The summed E-state index contributed by atoms with van der Waals surface area (Å²) < 4.78 is 42.4. The fourth-order valence-electron chi connectivity index (χ4n) is 2.46. The maximum absolute atomic E-state index is 13.1. The van der Waals surface area contributed by atoms with E-state index in [1.54, 1.807) is 0 Å². The topological polar surface area (TPSA) is 61.8 Å². The van der Waals surface area contributed by atoms with Gasteiger partial charge in [-0.25, -0.2) is 0 Å². The third kappa shape index (κ3) is 4.46. The predicted octanol–water partition coefficient (Wildman–Crippen LogP) is 4.11. The van der Waals surface area contributed by atoms with Gasteiger partial charge >= 0.3 is 23.1 Å². The van der Waals surface area contributed by atoms with Crippen molar-refractivity contribution in [1.82, 2.24) is 0 Å². The van der Waals surface area contributed by atoms with Crippen LogP contribution in [0.4, 0.5) is 0 Å². The average molecular weight is 343 g/mol. The second-order valence-corrected chi connectivity index (χ2v) is 15.5. The van der Waals surface area contributed by atoms with Gasteiger partial charge in [-0.3, -0.25) is 4.57 Å². The second kappa shape index (κ2) is 9.45. The average Bonchev–Trinajstić information content (AvgIpc) is 2.45. The van der Waals surface area contributed by atoms with E-state index >= 15 is 0 Å². The van der Waals surface area contributed by atoms with E-state index in [2.05, 4.69) is 0 Å². The molecule has 2 atom stereocenters. The van der Waals surface area contributed by atoms with Crippen LogP contribution >= 0.6 is 14.3 Å². The third-order valence-corrected chi connectivity index (χ3v) is 16.8. The van der Waals surface area contributed by atoms with Crippen molar-refractivity contribution < 1.29 is 22.4 Å². The van der Waals surface area contributed by atoms with Crippen LogP contribution in [0.2, 0.25) is 0 Å². The van der Waals surface area contributed by atoms with Gasteiger partial charge in [0, 0.05) is 33.7 Å². The summed E-state index contributed by atoms with van der Waals surface area (Å²) in [6.45, 7) is 3.15. The number of rotatable bonds is 11. The fraction of sp³-hybridized carbons (Fsp3) is 1.00. The van der Waals surface area contributed by atoms with Crippen molar-refractivity contribution in [2.75, 3.05) is 33.7 Å². The summed E-state index contributed by atoms with van der Waals surface area (Å²) in [5, 5.41) is -0.401. The van der Waals surface area contributed by atoms with Gasteiger partial charge in [-0.05, 0) is 19.3 Å². The monoisotopic (exact) mass is 343 g/mol. The Labute approximate surface area is 125 Å². The molecular formula is C12H29O5P2Si+. The normalized spacial score (nSPS) is 15.2. The molecule has 0 aromatic rings. The molecule has 0 bridgehead atoms. The van der Waals surface area contributed by atoms with Crippen molar-refractivity contribution >= 4 is 23.1 Å². The molecule has 0 spiro atoms. The first-order chi connectivity index (χ1) is 9.41. The van der Waals surface area contributed by atoms with Crippen molar-refractivity contribution in [3.8, 4) is 0 Å². The summed E-state index contributed by atoms with van der Waals surface area (Å²) >= 11 is 0. The molecule has 0 fully saturated rings. The van der Waals surface area contributed by atoms with Crippen LogP contribution in [0, 0.1) is 0 Å². The van der Waals surface area contributed by atoms with E-state index in [0.717, 1.165) is 12.8 Å². The van der Waals surface area contributed by atoms with E-state index in [-0.39, 0.29) is 0 Å². The smallest absolute Gasteiger partial charge is 0.374 e. The molecule has 0 heterocycles. The van der Waals surface area contributed by atoms with Gasteiger partial charge in [0.1, 0.15) is 0 Å². The van der Waals surface area contributed by atoms with Gasteiger partial charge in [-0.15, -0.1) is 0 Å². The van der Waals surface area contributed by atoms with E-state index < -0.39 is 28.4 Å². The molecule has 0 aliphatic heterocycles. The van der Waals surface area contributed by atoms with Gasteiger partial charge in [-0.2, -0.15) is 0 Å². The molecular weight excluding hydrogens is 314 g/mol. The zero-order valence-corrected chi connectivity index (χ0v) is 16.3. The van der Waals surface area contributed by atoms with E-state index in [9.17, 15) is 9.13 Å². The second-order valence-electron chi connectivity index (χ2n) is 4.74. The van der Waals surface area contributed by atoms with Crippen LogP contribution in [0.1, 0.15) is 40.0 Å². The Morgan fingerprint density at radius 3 is 1.65 bits per heavy atom. The van der Waals surface area contributed by atoms with Crippen LogP contribution in [0.5, 0.6) is 0 Å². The zero-order chi connectivity index (χ0) is 15.8. The third-order valence-electron chi connectivity index (χ3n) is 3.42. The van der Waals surface area contributed by atoms with Crippen LogP contribution in [0.25, 0.3) is 0 Å². The summed E-state index contributed by atoms with van der Waals surface area (Å²) in [6.07, 6.45) is 3.17. The maximum Gasteiger partial charge on any atom is 0.554 e. The summed E-state index contributed by atoms with van der Waals surface area (Å²) in [5.74, 6) is 0. The molecule has 5 nitrogen and oxygen atoms in total. The van der Waals surface area contributed by atoms with Gasteiger partial charge in [0.05, 0.1) is 0 Å². The molecule has 2 unspecified atom stereocenters. The highest BCUT2D eigenvalue weighted by Gasteiger charge is 2.62. The molecule has 0 amide bonds. The lowest BCUT2D eigenvalue weighted by molar-refractivity contribution is 0.120. The summed E-state index contributed by atoms with van der Waals surface area (Å²) in [7, 11) is -0.420. The molecule has 0 radical (unpaired) electrons. The molecule has 0 rings (SSSR count). The Morgan fingerprint density at radius 2 is 1.40 bits per heavy atom.